The lowest BCUT2D eigenvalue weighted by Crippen LogP contribution is -2.59. The Hall–Kier alpha value is 0.270. The van der Waals surface area contributed by atoms with Crippen molar-refractivity contribution in [1.29, 1.82) is 0 Å². The average molecular weight is 254 g/mol. The molecule has 2 heterocycles. The molecule has 3 fully saturated rings. The minimum atomic E-state index is 0.361. The van der Waals surface area contributed by atoms with Gasteiger partial charge in [0.15, 0.2) is 0 Å². The lowest BCUT2D eigenvalue weighted by Gasteiger charge is -2.48. The Morgan fingerprint density at radius 1 is 1.18 bits per heavy atom. The number of nitrogens with zero attached hydrogens (tertiary/aromatic N) is 1. The summed E-state index contributed by atoms with van der Waals surface area (Å²) >= 11 is 2.13. The molecular weight excluding hydrogens is 228 g/mol. The fourth-order valence-electron chi connectivity index (χ4n) is 4.34. The van der Waals surface area contributed by atoms with Crippen LogP contribution in [0.1, 0.15) is 44.9 Å². The van der Waals surface area contributed by atoms with Gasteiger partial charge in [-0.15, -0.1) is 0 Å². The van der Waals surface area contributed by atoms with E-state index in [1.165, 1.54) is 63.0 Å². The highest BCUT2D eigenvalue weighted by Crippen LogP contribution is 2.43. The van der Waals surface area contributed by atoms with Crippen LogP contribution in [0.3, 0.4) is 0 Å². The van der Waals surface area contributed by atoms with Crippen molar-refractivity contribution in [3.05, 3.63) is 0 Å². The highest BCUT2D eigenvalue weighted by atomic mass is 32.2. The normalized spacial score (nSPS) is 43.6. The Bertz CT molecular complexity index is 263. The lowest BCUT2D eigenvalue weighted by atomic mass is 9.83. The molecule has 0 bridgehead atoms. The first kappa shape index (κ1) is 12.3. The Morgan fingerprint density at radius 3 is 2.82 bits per heavy atom. The van der Waals surface area contributed by atoms with Crippen LogP contribution < -0.4 is 5.73 Å². The Balaban J connectivity index is 1.77. The van der Waals surface area contributed by atoms with Gasteiger partial charge in [-0.3, -0.25) is 4.90 Å². The molecular formula is C14H26N2S. The van der Waals surface area contributed by atoms with Gasteiger partial charge < -0.3 is 5.73 Å². The zero-order valence-electron chi connectivity index (χ0n) is 10.9. The van der Waals surface area contributed by atoms with E-state index in [9.17, 15) is 0 Å². The average Bonchev–Trinajstić information content (AvgIpc) is 2.84. The molecule has 1 aliphatic carbocycles. The van der Waals surface area contributed by atoms with E-state index in [-0.39, 0.29) is 0 Å². The van der Waals surface area contributed by atoms with E-state index in [1.807, 2.05) is 0 Å². The number of nitrogens with two attached hydrogens (primary N) is 1. The van der Waals surface area contributed by atoms with Crippen LogP contribution in [0.5, 0.6) is 0 Å². The van der Waals surface area contributed by atoms with E-state index in [0.717, 1.165) is 18.5 Å². The molecule has 3 unspecified atom stereocenters. The standard InChI is InChI=1S/C14H26N2S/c15-10-14(7-3-9-17-11-14)16-8-6-12-4-1-2-5-13(12)16/h12-13H,1-11,15H2. The van der Waals surface area contributed by atoms with Gasteiger partial charge in [-0.1, -0.05) is 12.8 Å². The summed E-state index contributed by atoms with van der Waals surface area (Å²) in [5.41, 5.74) is 6.55. The maximum Gasteiger partial charge on any atom is 0.0425 e. The van der Waals surface area contributed by atoms with E-state index < -0.39 is 0 Å². The molecule has 0 aromatic carbocycles. The van der Waals surface area contributed by atoms with E-state index in [0.29, 0.717) is 5.54 Å². The van der Waals surface area contributed by atoms with Gasteiger partial charge in [0.1, 0.15) is 0 Å². The first-order valence-electron chi connectivity index (χ1n) is 7.40. The quantitative estimate of drug-likeness (QED) is 0.821. The predicted molar refractivity (Wildman–Crippen MR) is 75.4 cm³/mol. The van der Waals surface area contributed by atoms with Crippen LogP contribution in [0.2, 0.25) is 0 Å². The molecule has 3 rings (SSSR count). The van der Waals surface area contributed by atoms with Crippen molar-refractivity contribution >= 4 is 11.8 Å². The maximum atomic E-state index is 6.18. The van der Waals surface area contributed by atoms with Gasteiger partial charge >= 0.3 is 0 Å². The van der Waals surface area contributed by atoms with Crippen LogP contribution in [-0.4, -0.2) is 41.1 Å². The zero-order chi connectivity index (χ0) is 11.7. The highest BCUT2D eigenvalue weighted by molar-refractivity contribution is 7.99. The highest BCUT2D eigenvalue weighted by Gasteiger charge is 2.46. The molecule has 98 valence electrons. The second-order valence-electron chi connectivity index (χ2n) is 6.18. The monoisotopic (exact) mass is 254 g/mol. The molecule has 0 amide bonds. The van der Waals surface area contributed by atoms with Crippen molar-refractivity contribution in [2.24, 2.45) is 11.7 Å². The van der Waals surface area contributed by atoms with Crippen LogP contribution in [-0.2, 0) is 0 Å². The van der Waals surface area contributed by atoms with E-state index in [2.05, 4.69) is 16.7 Å². The molecule has 0 aromatic heterocycles. The van der Waals surface area contributed by atoms with Crippen molar-refractivity contribution in [1.82, 2.24) is 4.90 Å². The summed E-state index contributed by atoms with van der Waals surface area (Å²) in [5.74, 6) is 3.63. The largest absolute Gasteiger partial charge is 0.329 e. The third kappa shape index (κ3) is 2.15. The number of likely N-dealkylation sites (tertiary alicyclic amines) is 1. The van der Waals surface area contributed by atoms with Crippen LogP contribution >= 0.6 is 11.8 Å². The molecule has 0 radical (unpaired) electrons. The van der Waals surface area contributed by atoms with Crippen LogP contribution in [0.25, 0.3) is 0 Å². The molecule has 0 spiro atoms. The maximum absolute atomic E-state index is 6.18. The van der Waals surface area contributed by atoms with E-state index in [1.54, 1.807) is 0 Å². The third-order valence-corrected chi connectivity index (χ3v) is 6.62. The summed E-state index contributed by atoms with van der Waals surface area (Å²) in [7, 11) is 0. The summed E-state index contributed by atoms with van der Waals surface area (Å²) in [5, 5.41) is 0. The van der Waals surface area contributed by atoms with Gasteiger partial charge in [-0.2, -0.15) is 11.8 Å². The van der Waals surface area contributed by atoms with Crippen LogP contribution in [0.15, 0.2) is 0 Å². The molecule has 3 atom stereocenters. The molecule has 17 heavy (non-hydrogen) atoms. The summed E-state index contributed by atoms with van der Waals surface area (Å²) in [6.45, 7) is 2.20. The van der Waals surface area contributed by atoms with E-state index in [4.69, 9.17) is 5.73 Å². The fourth-order valence-corrected chi connectivity index (χ4v) is 5.64. The number of fused-ring (bicyclic) bond motifs is 1. The van der Waals surface area contributed by atoms with Crippen molar-refractivity contribution in [3.63, 3.8) is 0 Å². The SMILES string of the molecule is NCC1(N2CCC3CCCCC32)CCCSC1. The van der Waals surface area contributed by atoms with Gasteiger partial charge in [0, 0.05) is 23.9 Å². The van der Waals surface area contributed by atoms with Gasteiger partial charge in [0.25, 0.3) is 0 Å². The molecule has 0 aromatic rings. The summed E-state index contributed by atoms with van der Waals surface area (Å²) in [6, 6.07) is 0.881. The molecule has 2 saturated heterocycles. The van der Waals surface area contributed by atoms with Gasteiger partial charge in [0.2, 0.25) is 0 Å². The van der Waals surface area contributed by atoms with Crippen LogP contribution in [0, 0.1) is 5.92 Å². The van der Waals surface area contributed by atoms with Crippen molar-refractivity contribution in [2.75, 3.05) is 24.6 Å². The molecule has 1 saturated carbocycles. The minimum absolute atomic E-state index is 0.361. The lowest BCUT2D eigenvalue weighted by molar-refractivity contribution is 0.0619. The smallest absolute Gasteiger partial charge is 0.0425 e. The molecule has 3 aliphatic rings. The number of hydrogen-bond acceptors (Lipinski definition) is 3. The second-order valence-corrected chi connectivity index (χ2v) is 7.28. The van der Waals surface area contributed by atoms with Gasteiger partial charge in [0.05, 0.1) is 0 Å². The topological polar surface area (TPSA) is 29.3 Å². The van der Waals surface area contributed by atoms with E-state index >= 15 is 0 Å². The Kier molecular flexibility index (Phi) is 3.69. The molecule has 3 heteroatoms. The van der Waals surface area contributed by atoms with Gasteiger partial charge in [-0.25, -0.2) is 0 Å². The van der Waals surface area contributed by atoms with Crippen molar-refractivity contribution in [3.8, 4) is 0 Å². The van der Waals surface area contributed by atoms with Crippen LogP contribution in [0.4, 0.5) is 0 Å². The summed E-state index contributed by atoms with van der Waals surface area (Å²) < 4.78 is 0. The number of rotatable bonds is 2. The zero-order valence-corrected chi connectivity index (χ0v) is 11.7. The number of hydrogen-bond donors (Lipinski definition) is 1. The first-order valence-corrected chi connectivity index (χ1v) is 8.56. The minimum Gasteiger partial charge on any atom is -0.329 e. The molecule has 2 aliphatic heterocycles. The Morgan fingerprint density at radius 2 is 2.06 bits per heavy atom. The predicted octanol–water partition coefficient (Wildman–Crippen LogP) is 2.48. The van der Waals surface area contributed by atoms with Crippen molar-refractivity contribution < 1.29 is 0 Å². The van der Waals surface area contributed by atoms with Gasteiger partial charge in [-0.05, 0) is 50.3 Å². The summed E-state index contributed by atoms with van der Waals surface area (Å²) in [6.07, 6.45) is 10.0. The summed E-state index contributed by atoms with van der Waals surface area (Å²) in [4.78, 5) is 2.85. The van der Waals surface area contributed by atoms with Crippen molar-refractivity contribution in [2.45, 2.75) is 56.5 Å². The molecule has 2 nitrogen and oxygen atoms in total. The fraction of sp³-hybridized carbons (Fsp3) is 1.00. The second kappa shape index (κ2) is 5.10. The number of thioether (sulfide) groups is 1. The first-order chi connectivity index (χ1) is 8.36. The Labute approximate surface area is 110 Å². The molecule has 2 N–H and O–H groups in total. The third-order valence-electron chi connectivity index (χ3n) is 5.30.